The first-order valence-electron chi connectivity index (χ1n) is 17.1. The molecule has 11 nitrogen and oxygen atoms in total. The monoisotopic (exact) mass is 643 g/mol. The minimum atomic E-state index is -0.784. The zero-order valence-corrected chi connectivity index (χ0v) is 28.5. The molecule has 0 aromatic heterocycles. The van der Waals surface area contributed by atoms with Gasteiger partial charge in [-0.15, -0.1) is 0 Å². The molecule has 2 rings (SSSR count). The lowest BCUT2D eigenvalue weighted by molar-refractivity contribution is -0.136. The Hall–Kier alpha value is -3.31. The number of ketones is 1. The van der Waals surface area contributed by atoms with Crippen molar-refractivity contribution in [1.82, 2.24) is 20.4 Å². The van der Waals surface area contributed by atoms with Crippen LogP contribution in [-0.2, 0) is 30.4 Å². The number of likely N-dealkylation sites (N-methyl/N-ethyl adjacent to an activating group) is 1. The van der Waals surface area contributed by atoms with Crippen molar-refractivity contribution in [1.29, 1.82) is 0 Å². The third kappa shape index (κ3) is 15.3. The minimum absolute atomic E-state index is 0.0183. The van der Waals surface area contributed by atoms with Crippen LogP contribution in [0.3, 0.4) is 0 Å². The molecule has 1 aromatic rings. The van der Waals surface area contributed by atoms with E-state index in [4.69, 9.17) is 10.5 Å². The topological polar surface area (TPSA) is 151 Å². The molecular formula is C35H57N5O6. The van der Waals surface area contributed by atoms with E-state index in [9.17, 15) is 24.0 Å². The van der Waals surface area contributed by atoms with Crippen molar-refractivity contribution in [3.8, 4) is 5.75 Å². The van der Waals surface area contributed by atoms with Crippen LogP contribution in [0.15, 0.2) is 24.3 Å². The highest BCUT2D eigenvalue weighted by Crippen LogP contribution is 2.22. The molecule has 3 unspecified atom stereocenters. The Balaban J connectivity index is 2.04. The Morgan fingerprint density at radius 3 is 2.22 bits per heavy atom. The van der Waals surface area contributed by atoms with Crippen LogP contribution in [0.4, 0.5) is 0 Å². The second kappa shape index (κ2) is 21.5. The predicted molar refractivity (Wildman–Crippen MR) is 179 cm³/mol. The molecule has 1 aliphatic rings. The molecule has 0 aliphatic carbocycles. The van der Waals surface area contributed by atoms with Crippen LogP contribution in [0.1, 0.15) is 90.5 Å². The number of piperazine rings is 1. The van der Waals surface area contributed by atoms with Crippen molar-refractivity contribution in [2.24, 2.45) is 17.6 Å². The van der Waals surface area contributed by atoms with Gasteiger partial charge >= 0.3 is 5.97 Å². The number of nitrogens with zero attached hydrogens (tertiary/aromatic N) is 2. The quantitative estimate of drug-likeness (QED) is 0.0990. The Kier molecular flexibility index (Phi) is 18.1. The molecule has 1 aromatic carbocycles. The van der Waals surface area contributed by atoms with Crippen LogP contribution in [0.5, 0.6) is 5.75 Å². The van der Waals surface area contributed by atoms with E-state index in [-0.39, 0.29) is 54.8 Å². The summed E-state index contributed by atoms with van der Waals surface area (Å²) in [6, 6.07) is 6.24. The third-order valence-electron chi connectivity index (χ3n) is 8.76. The highest BCUT2D eigenvalue weighted by Gasteiger charge is 2.30. The van der Waals surface area contributed by atoms with Gasteiger partial charge in [0.25, 0.3) is 0 Å². The first-order chi connectivity index (χ1) is 22.0. The maximum absolute atomic E-state index is 13.7. The number of nitrogens with one attached hydrogen (secondary N) is 2. The molecule has 258 valence electrons. The summed E-state index contributed by atoms with van der Waals surface area (Å²) in [5, 5.41) is 5.91. The summed E-state index contributed by atoms with van der Waals surface area (Å²) in [4.78, 5) is 67.5. The Morgan fingerprint density at radius 1 is 0.913 bits per heavy atom. The van der Waals surface area contributed by atoms with E-state index in [0.29, 0.717) is 31.6 Å². The Bertz CT molecular complexity index is 1100. The number of primary amides is 1. The highest BCUT2D eigenvalue weighted by molar-refractivity contribution is 5.92. The number of hydrogen-bond acceptors (Lipinski definition) is 8. The van der Waals surface area contributed by atoms with E-state index in [0.717, 1.165) is 70.3 Å². The lowest BCUT2D eigenvalue weighted by Crippen LogP contribution is -2.46. The average molecular weight is 644 g/mol. The summed E-state index contributed by atoms with van der Waals surface area (Å²) in [5.74, 6) is -1.31. The van der Waals surface area contributed by atoms with E-state index in [1.54, 1.807) is 24.3 Å². The summed E-state index contributed by atoms with van der Waals surface area (Å²) in [6.07, 6.45) is 6.51. The van der Waals surface area contributed by atoms with Crippen molar-refractivity contribution < 1.29 is 28.7 Å². The Morgan fingerprint density at radius 2 is 1.59 bits per heavy atom. The number of carbonyl (C=O) groups is 5. The van der Waals surface area contributed by atoms with Gasteiger partial charge in [0.15, 0.2) is 5.78 Å². The number of amides is 3. The largest absolute Gasteiger partial charge is 0.426 e. The molecule has 0 radical (unpaired) electrons. The number of carbonyl (C=O) groups excluding carboxylic acids is 5. The molecule has 1 heterocycles. The minimum Gasteiger partial charge on any atom is -0.426 e. The molecule has 3 amide bonds. The number of esters is 1. The van der Waals surface area contributed by atoms with Gasteiger partial charge in [0.1, 0.15) is 5.75 Å². The average Bonchev–Trinajstić information content (AvgIpc) is 3.02. The number of nitrogens with two attached hydrogens (primary N) is 1. The van der Waals surface area contributed by atoms with Crippen molar-refractivity contribution in [2.45, 2.75) is 97.4 Å². The van der Waals surface area contributed by atoms with Gasteiger partial charge < -0.3 is 26.0 Å². The van der Waals surface area contributed by atoms with Gasteiger partial charge in [0.2, 0.25) is 17.7 Å². The smallest absolute Gasteiger partial charge is 0.325 e. The van der Waals surface area contributed by atoms with Crippen LogP contribution in [0.25, 0.3) is 0 Å². The van der Waals surface area contributed by atoms with Crippen molar-refractivity contribution in [2.75, 3.05) is 46.3 Å². The van der Waals surface area contributed by atoms with Gasteiger partial charge in [-0.1, -0.05) is 58.6 Å². The van der Waals surface area contributed by atoms with Gasteiger partial charge in [-0.2, -0.15) is 0 Å². The van der Waals surface area contributed by atoms with Crippen molar-refractivity contribution >= 4 is 29.5 Å². The summed E-state index contributed by atoms with van der Waals surface area (Å²) in [6.45, 7) is 10.2. The highest BCUT2D eigenvalue weighted by atomic mass is 16.5. The zero-order chi connectivity index (χ0) is 33.9. The van der Waals surface area contributed by atoms with Crippen molar-refractivity contribution in [3.63, 3.8) is 0 Å². The lowest BCUT2D eigenvalue weighted by Gasteiger charge is -2.31. The first-order valence-corrected chi connectivity index (χ1v) is 17.1. The molecule has 0 bridgehead atoms. The number of rotatable bonds is 22. The Labute approximate surface area is 275 Å². The summed E-state index contributed by atoms with van der Waals surface area (Å²) in [5.41, 5.74) is 6.00. The van der Waals surface area contributed by atoms with E-state index >= 15 is 0 Å². The van der Waals surface area contributed by atoms with Gasteiger partial charge in [-0.3, -0.25) is 28.9 Å². The van der Waals surface area contributed by atoms with E-state index < -0.39 is 12.0 Å². The van der Waals surface area contributed by atoms with Gasteiger partial charge in [-0.05, 0) is 56.3 Å². The number of unbranched alkanes of at least 4 members (excludes halogenated alkanes) is 4. The zero-order valence-electron chi connectivity index (χ0n) is 28.5. The molecule has 1 fully saturated rings. The summed E-state index contributed by atoms with van der Waals surface area (Å²) < 4.78 is 5.56. The van der Waals surface area contributed by atoms with E-state index in [1.165, 1.54) is 0 Å². The second-order valence-electron chi connectivity index (χ2n) is 12.7. The lowest BCUT2D eigenvalue weighted by atomic mass is 9.84. The molecule has 4 N–H and O–H groups in total. The van der Waals surface area contributed by atoms with E-state index in [2.05, 4.69) is 34.4 Å². The van der Waals surface area contributed by atoms with Crippen molar-refractivity contribution in [3.05, 3.63) is 29.8 Å². The first kappa shape index (κ1) is 38.9. The fourth-order valence-electron chi connectivity index (χ4n) is 5.47. The predicted octanol–water partition coefficient (Wildman–Crippen LogP) is 3.23. The van der Waals surface area contributed by atoms with Gasteiger partial charge in [0, 0.05) is 57.9 Å². The van der Waals surface area contributed by atoms with Crippen LogP contribution in [0, 0.1) is 11.8 Å². The molecule has 11 heteroatoms. The fraction of sp³-hybridized carbons (Fsp3) is 0.686. The van der Waals surface area contributed by atoms with Crippen LogP contribution in [-0.4, -0.2) is 91.6 Å². The van der Waals surface area contributed by atoms with Crippen LogP contribution >= 0.6 is 0 Å². The number of ether oxygens (including phenoxy) is 1. The number of benzene rings is 1. The maximum atomic E-state index is 13.7. The summed E-state index contributed by atoms with van der Waals surface area (Å²) in [7, 11) is 2.06. The van der Waals surface area contributed by atoms with Crippen LogP contribution < -0.4 is 21.1 Å². The fourth-order valence-corrected chi connectivity index (χ4v) is 5.47. The molecule has 1 saturated heterocycles. The maximum Gasteiger partial charge on any atom is 0.325 e. The standard InChI is InChI=1S/C35H57N5O6/c1-5-7-9-13-33(43)38-30(31(41)24-29(26(3)6-2)35(45)37-18-11-8-10-12-32(36)42)23-27-14-16-28(17-15-27)46-34(44)25-40-21-19-39(4)20-22-40/h14-17,26,29-30H,5-13,18-25H2,1-4H3,(H2,36,42)(H,37,45)(H,38,43). The molecule has 1 aliphatic heterocycles. The number of Topliss-reactive ketones (excluding diaryl/α,β-unsaturated/α-hetero) is 1. The number of hydrogen-bond donors (Lipinski definition) is 3. The molecule has 3 atom stereocenters. The molecule has 46 heavy (non-hydrogen) atoms. The normalized spacial score (nSPS) is 15.8. The van der Waals surface area contributed by atoms with Crippen LogP contribution in [0.2, 0.25) is 0 Å². The van der Waals surface area contributed by atoms with E-state index in [1.807, 2.05) is 13.8 Å². The third-order valence-corrected chi connectivity index (χ3v) is 8.76. The summed E-state index contributed by atoms with van der Waals surface area (Å²) >= 11 is 0. The second-order valence-corrected chi connectivity index (χ2v) is 12.7. The van der Waals surface area contributed by atoms with Gasteiger partial charge in [-0.25, -0.2) is 0 Å². The SMILES string of the molecule is CCCCCC(=O)NC(Cc1ccc(OC(=O)CN2CCN(C)CC2)cc1)C(=O)CC(C(=O)NCCCCCC(N)=O)C(C)CC. The van der Waals surface area contributed by atoms with Gasteiger partial charge in [0.05, 0.1) is 12.6 Å². The molecule has 0 saturated carbocycles. The molecular weight excluding hydrogens is 586 g/mol. The molecule has 0 spiro atoms.